The summed E-state index contributed by atoms with van der Waals surface area (Å²) in [7, 11) is 0. The minimum atomic E-state index is 0.0351. The molecule has 2 amide bonds. The smallest absolute Gasteiger partial charge is 0.317 e. The molecule has 1 N–H and O–H groups in total. The number of carbonyl (C=O) groups is 1. The number of urea groups is 1. The Bertz CT molecular complexity index is 672. The lowest BCUT2D eigenvalue weighted by Gasteiger charge is -2.39. The molecule has 2 atom stereocenters. The van der Waals surface area contributed by atoms with Gasteiger partial charge in [0.25, 0.3) is 0 Å². The van der Waals surface area contributed by atoms with Crippen LogP contribution in [0.3, 0.4) is 0 Å². The molecule has 1 aromatic carbocycles. The fraction of sp³-hybridized carbons (Fsp3) is 0.667. The molecule has 8 heteroatoms. The van der Waals surface area contributed by atoms with Crippen molar-refractivity contribution in [2.45, 2.75) is 12.5 Å². The molecular formula is C21H31ClN4O3. The Kier molecular flexibility index (Phi) is 7.13. The minimum absolute atomic E-state index is 0.0351. The van der Waals surface area contributed by atoms with Crippen molar-refractivity contribution in [3.63, 3.8) is 0 Å². The van der Waals surface area contributed by atoms with E-state index in [2.05, 4.69) is 21.2 Å². The van der Waals surface area contributed by atoms with E-state index in [4.69, 9.17) is 21.1 Å². The van der Waals surface area contributed by atoms with Gasteiger partial charge in [-0.2, -0.15) is 0 Å². The zero-order valence-corrected chi connectivity index (χ0v) is 17.6. The third-order valence-corrected chi connectivity index (χ3v) is 6.46. The molecule has 0 saturated carbocycles. The molecule has 4 rings (SSSR count). The lowest BCUT2D eigenvalue weighted by Crippen LogP contribution is -2.56. The number of rotatable bonds is 5. The summed E-state index contributed by atoms with van der Waals surface area (Å²) in [6, 6.07) is 8.25. The van der Waals surface area contributed by atoms with Crippen LogP contribution in [0.5, 0.6) is 0 Å². The summed E-state index contributed by atoms with van der Waals surface area (Å²) in [6.45, 7) is 8.73. The fourth-order valence-corrected chi connectivity index (χ4v) is 4.69. The standard InChI is InChI=1S/C21H31ClN4O3/c22-18-2-1-3-19(14-18)24-5-7-26(8-6-24)21(27)23-15-20(17-4-11-29-16-17)25-9-12-28-13-10-25/h1-3,14,17,20H,4-13,15-16H2,(H,23,27). The summed E-state index contributed by atoms with van der Waals surface area (Å²) in [5, 5.41) is 3.94. The number of ether oxygens (including phenoxy) is 2. The number of nitrogens with zero attached hydrogens (tertiary/aromatic N) is 3. The molecule has 0 bridgehead atoms. The number of morpholine rings is 1. The molecule has 160 valence electrons. The summed E-state index contributed by atoms with van der Waals surface area (Å²) in [5.74, 6) is 0.480. The van der Waals surface area contributed by atoms with Gasteiger partial charge in [-0.1, -0.05) is 17.7 Å². The predicted molar refractivity (Wildman–Crippen MR) is 114 cm³/mol. The second-order valence-electron chi connectivity index (χ2n) is 7.98. The van der Waals surface area contributed by atoms with E-state index in [1.165, 1.54) is 0 Å². The maximum absolute atomic E-state index is 12.8. The number of amides is 2. The maximum atomic E-state index is 12.8. The highest BCUT2D eigenvalue weighted by molar-refractivity contribution is 6.30. The summed E-state index contributed by atoms with van der Waals surface area (Å²) in [4.78, 5) is 19.5. The third kappa shape index (κ3) is 5.34. The molecule has 0 spiro atoms. The highest BCUT2D eigenvalue weighted by atomic mass is 35.5. The lowest BCUT2D eigenvalue weighted by molar-refractivity contribution is 0.00185. The molecular weight excluding hydrogens is 392 g/mol. The molecule has 3 aliphatic rings. The first-order valence-corrected chi connectivity index (χ1v) is 11.0. The van der Waals surface area contributed by atoms with E-state index in [0.29, 0.717) is 31.6 Å². The first kappa shape index (κ1) is 20.7. The van der Waals surface area contributed by atoms with Crippen LogP contribution < -0.4 is 10.2 Å². The summed E-state index contributed by atoms with van der Waals surface area (Å²) >= 11 is 6.11. The molecule has 3 heterocycles. The van der Waals surface area contributed by atoms with Gasteiger partial charge in [0, 0.05) is 75.1 Å². The number of nitrogens with one attached hydrogen (secondary N) is 1. The second kappa shape index (κ2) is 9.98. The van der Waals surface area contributed by atoms with Crippen molar-refractivity contribution in [1.29, 1.82) is 0 Å². The zero-order chi connectivity index (χ0) is 20.1. The van der Waals surface area contributed by atoms with Gasteiger partial charge in [0.05, 0.1) is 19.8 Å². The topological polar surface area (TPSA) is 57.3 Å². The fourth-order valence-electron chi connectivity index (χ4n) is 4.50. The van der Waals surface area contributed by atoms with E-state index in [0.717, 1.165) is 69.7 Å². The van der Waals surface area contributed by atoms with Crippen molar-refractivity contribution in [3.8, 4) is 0 Å². The Labute approximate surface area is 177 Å². The highest BCUT2D eigenvalue weighted by Gasteiger charge is 2.32. The van der Waals surface area contributed by atoms with Gasteiger partial charge < -0.3 is 24.6 Å². The number of anilines is 1. The monoisotopic (exact) mass is 422 g/mol. The molecule has 7 nitrogen and oxygen atoms in total. The van der Waals surface area contributed by atoms with Gasteiger partial charge in [-0.15, -0.1) is 0 Å². The Morgan fingerprint density at radius 2 is 1.90 bits per heavy atom. The van der Waals surface area contributed by atoms with Crippen LogP contribution in [-0.4, -0.2) is 94.1 Å². The van der Waals surface area contributed by atoms with E-state index in [-0.39, 0.29) is 6.03 Å². The predicted octanol–water partition coefficient (Wildman–Crippen LogP) is 1.91. The minimum Gasteiger partial charge on any atom is -0.381 e. The number of benzene rings is 1. The van der Waals surface area contributed by atoms with Crippen LogP contribution in [0, 0.1) is 5.92 Å². The van der Waals surface area contributed by atoms with Crippen LogP contribution in [-0.2, 0) is 9.47 Å². The Balaban J connectivity index is 1.28. The Morgan fingerprint density at radius 3 is 2.59 bits per heavy atom. The summed E-state index contributed by atoms with van der Waals surface area (Å²) < 4.78 is 11.1. The summed E-state index contributed by atoms with van der Waals surface area (Å²) in [6.07, 6.45) is 1.07. The van der Waals surface area contributed by atoms with Gasteiger partial charge in [0.15, 0.2) is 0 Å². The van der Waals surface area contributed by atoms with E-state index in [9.17, 15) is 4.79 Å². The van der Waals surface area contributed by atoms with Gasteiger partial charge in [-0.3, -0.25) is 4.90 Å². The largest absolute Gasteiger partial charge is 0.381 e. The van der Waals surface area contributed by atoms with Gasteiger partial charge in [0.1, 0.15) is 0 Å². The lowest BCUT2D eigenvalue weighted by atomic mass is 9.97. The summed E-state index contributed by atoms with van der Waals surface area (Å²) in [5.41, 5.74) is 1.12. The number of hydrogen-bond donors (Lipinski definition) is 1. The highest BCUT2D eigenvalue weighted by Crippen LogP contribution is 2.23. The SMILES string of the molecule is O=C(NCC(C1CCOC1)N1CCOCC1)N1CCN(c2cccc(Cl)c2)CC1. The second-order valence-corrected chi connectivity index (χ2v) is 8.42. The number of carbonyl (C=O) groups excluding carboxylic acids is 1. The van der Waals surface area contributed by atoms with Gasteiger partial charge >= 0.3 is 6.03 Å². The van der Waals surface area contributed by atoms with Crippen molar-refractivity contribution in [2.75, 3.05) is 77.1 Å². The van der Waals surface area contributed by atoms with Crippen molar-refractivity contribution >= 4 is 23.3 Å². The molecule has 0 aromatic heterocycles. The van der Waals surface area contributed by atoms with Crippen LogP contribution >= 0.6 is 11.6 Å². The van der Waals surface area contributed by atoms with Crippen molar-refractivity contribution in [2.24, 2.45) is 5.92 Å². The number of piperazine rings is 1. The molecule has 3 aliphatic heterocycles. The number of halogens is 1. The average Bonchev–Trinajstić information content (AvgIpc) is 3.29. The third-order valence-electron chi connectivity index (χ3n) is 6.23. The average molecular weight is 423 g/mol. The van der Waals surface area contributed by atoms with E-state index < -0.39 is 0 Å². The quantitative estimate of drug-likeness (QED) is 0.785. The molecule has 1 aromatic rings. The van der Waals surface area contributed by atoms with E-state index in [1.54, 1.807) is 0 Å². The molecule has 3 saturated heterocycles. The van der Waals surface area contributed by atoms with Gasteiger partial charge in [0.2, 0.25) is 0 Å². The molecule has 2 unspecified atom stereocenters. The number of hydrogen-bond acceptors (Lipinski definition) is 5. The van der Waals surface area contributed by atoms with Gasteiger partial charge in [-0.25, -0.2) is 4.79 Å². The van der Waals surface area contributed by atoms with Crippen LogP contribution in [0.15, 0.2) is 24.3 Å². The van der Waals surface area contributed by atoms with Crippen molar-refractivity contribution in [3.05, 3.63) is 29.3 Å². The van der Waals surface area contributed by atoms with Crippen LogP contribution in [0.1, 0.15) is 6.42 Å². The van der Waals surface area contributed by atoms with Crippen LogP contribution in [0.25, 0.3) is 0 Å². The Morgan fingerprint density at radius 1 is 1.10 bits per heavy atom. The van der Waals surface area contributed by atoms with Crippen molar-refractivity contribution in [1.82, 2.24) is 15.1 Å². The molecule has 0 radical (unpaired) electrons. The van der Waals surface area contributed by atoms with Crippen molar-refractivity contribution < 1.29 is 14.3 Å². The maximum Gasteiger partial charge on any atom is 0.317 e. The molecule has 29 heavy (non-hydrogen) atoms. The molecule has 0 aliphatic carbocycles. The van der Waals surface area contributed by atoms with E-state index >= 15 is 0 Å². The van der Waals surface area contributed by atoms with Crippen LogP contribution in [0.2, 0.25) is 5.02 Å². The normalized spacial score (nSPS) is 24.5. The zero-order valence-electron chi connectivity index (χ0n) is 16.9. The van der Waals surface area contributed by atoms with Gasteiger partial charge in [-0.05, 0) is 24.6 Å². The van der Waals surface area contributed by atoms with Crippen LogP contribution in [0.4, 0.5) is 10.5 Å². The first-order chi connectivity index (χ1) is 14.2. The Hall–Kier alpha value is -1.54. The van der Waals surface area contributed by atoms with E-state index in [1.807, 2.05) is 23.1 Å². The first-order valence-electron chi connectivity index (χ1n) is 10.6. The molecule has 3 fully saturated rings.